The van der Waals surface area contributed by atoms with Gasteiger partial charge in [0.2, 0.25) is 11.7 Å². The lowest BCUT2D eigenvalue weighted by Crippen LogP contribution is -2.38. The summed E-state index contributed by atoms with van der Waals surface area (Å²) in [5.41, 5.74) is 0.619. The molecule has 9 nitrogen and oxygen atoms in total. The van der Waals surface area contributed by atoms with Gasteiger partial charge < -0.3 is 9.63 Å². The van der Waals surface area contributed by atoms with Crippen molar-refractivity contribution in [3.8, 4) is 11.4 Å². The second kappa shape index (κ2) is 6.75. The average molecular weight is 332 g/mol. The number of carbonyl (C=O) groups is 1. The van der Waals surface area contributed by atoms with Crippen molar-refractivity contribution in [2.75, 3.05) is 13.1 Å². The Morgan fingerprint density at radius 1 is 1.42 bits per heavy atom. The summed E-state index contributed by atoms with van der Waals surface area (Å²) in [6.45, 7) is 1.65. The zero-order chi connectivity index (χ0) is 17.1. The molecule has 1 aliphatic heterocycles. The number of carboxylic acid groups (broad SMARTS) is 1. The largest absolute Gasteiger partial charge is 0.481 e. The van der Waals surface area contributed by atoms with Gasteiger partial charge in [-0.05, 0) is 31.5 Å². The molecule has 9 heteroatoms. The summed E-state index contributed by atoms with van der Waals surface area (Å²) in [5.74, 6) is -0.395. The number of rotatable bonds is 5. The number of benzene rings is 1. The van der Waals surface area contributed by atoms with E-state index in [4.69, 9.17) is 9.63 Å². The second-order valence-corrected chi connectivity index (χ2v) is 5.73. The van der Waals surface area contributed by atoms with Crippen LogP contribution in [0.4, 0.5) is 5.69 Å². The number of piperidine rings is 1. The molecular formula is C15H16N4O5. The van der Waals surface area contributed by atoms with Crippen LogP contribution in [-0.2, 0) is 11.3 Å². The van der Waals surface area contributed by atoms with Crippen LogP contribution in [0, 0.1) is 16.0 Å². The van der Waals surface area contributed by atoms with Crippen molar-refractivity contribution >= 4 is 11.7 Å². The Labute approximate surface area is 137 Å². The lowest BCUT2D eigenvalue weighted by Gasteiger charge is -2.29. The predicted octanol–water partition coefficient (Wildman–Crippen LogP) is 1.94. The zero-order valence-electron chi connectivity index (χ0n) is 12.8. The van der Waals surface area contributed by atoms with Gasteiger partial charge >= 0.3 is 5.97 Å². The van der Waals surface area contributed by atoms with Crippen LogP contribution in [0.2, 0.25) is 0 Å². The van der Waals surface area contributed by atoms with Gasteiger partial charge in [-0.2, -0.15) is 4.98 Å². The molecule has 1 aliphatic rings. The van der Waals surface area contributed by atoms with Gasteiger partial charge in [0, 0.05) is 24.2 Å². The molecule has 2 aromatic rings. The van der Waals surface area contributed by atoms with Gasteiger partial charge in [-0.1, -0.05) is 5.16 Å². The molecule has 1 atom stereocenters. The van der Waals surface area contributed by atoms with Crippen molar-refractivity contribution in [2.45, 2.75) is 19.4 Å². The topological polar surface area (TPSA) is 123 Å². The molecule has 24 heavy (non-hydrogen) atoms. The Bertz CT molecular complexity index is 743. The molecule has 1 N–H and O–H groups in total. The third-order valence-corrected chi connectivity index (χ3v) is 4.02. The van der Waals surface area contributed by atoms with Gasteiger partial charge in [0.05, 0.1) is 17.4 Å². The van der Waals surface area contributed by atoms with E-state index in [0.717, 1.165) is 13.0 Å². The SMILES string of the molecule is O=C(O)C1CCCN(Cc2nc(-c3ccc([N+](=O)[O-])cc3)no2)C1. The fourth-order valence-electron chi connectivity index (χ4n) is 2.76. The van der Waals surface area contributed by atoms with Crippen LogP contribution in [0.3, 0.4) is 0 Å². The van der Waals surface area contributed by atoms with Crippen molar-refractivity contribution in [1.82, 2.24) is 15.0 Å². The molecule has 0 bridgehead atoms. The van der Waals surface area contributed by atoms with Crippen LogP contribution >= 0.6 is 0 Å². The minimum absolute atomic E-state index is 0.00417. The third kappa shape index (κ3) is 3.57. The maximum atomic E-state index is 11.1. The smallest absolute Gasteiger partial charge is 0.307 e. The molecule has 0 saturated carbocycles. The minimum atomic E-state index is -0.781. The number of nitro benzene ring substituents is 1. The van der Waals surface area contributed by atoms with E-state index in [0.29, 0.717) is 36.8 Å². The summed E-state index contributed by atoms with van der Waals surface area (Å²) in [7, 11) is 0. The van der Waals surface area contributed by atoms with E-state index < -0.39 is 10.9 Å². The number of nitro groups is 1. The summed E-state index contributed by atoms with van der Waals surface area (Å²) in [6.07, 6.45) is 1.50. The first-order valence-electron chi connectivity index (χ1n) is 7.55. The van der Waals surface area contributed by atoms with Crippen LogP contribution in [0.25, 0.3) is 11.4 Å². The summed E-state index contributed by atoms with van der Waals surface area (Å²) in [6, 6.07) is 5.89. The van der Waals surface area contributed by atoms with Crippen LogP contribution in [0.1, 0.15) is 18.7 Å². The highest BCUT2D eigenvalue weighted by molar-refractivity contribution is 5.70. The van der Waals surface area contributed by atoms with E-state index in [-0.39, 0.29) is 11.6 Å². The minimum Gasteiger partial charge on any atom is -0.481 e. The molecule has 2 heterocycles. The number of hydrogen-bond donors (Lipinski definition) is 1. The van der Waals surface area contributed by atoms with E-state index in [2.05, 4.69) is 10.1 Å². The maximum absolute atomic E-state index is 11.1. The Kier molecular flexibility index (Phi) is 4.52. The van der Waals surface area contributed by atoms with E-state index in [9.17, 15) is 14.9 Å². The van der Waals surface area contributed by atoms with Crippen LogP contribution in [-0.4, -0.2) is 44.1 Å². The molecule has 1 fully saturated rings. The van der Waals surface area contributed by atoms with Gasteiger partial charge in [0.1, 0.15) is 0 Å². The second-order valence-electron chi connectivity index (χ2n) is 5.73. The molecule has 1 aromatic heterocycles. The fourth-order valence-corrected chi connectivity index (χ4v) is 2.76. The Morgan fingerprint density at radius 2 is 2.17 bits per heavy atom. The van der Waals surface area contributed by atoms with Crippen LogP contribution in [0.5, 0.6) is 0 Å². The van der Waals surface area contributed by atoms with E-state index in [1.807, 2.05) is 4.90 Å². The molecule has 0 spiro atoms. The van der Waals surface area contributed by atoms with Gasteiger partial charge in [-0.25, -0.2) is 0 Å². The van der Waals surface area contributed by atoms with Gasteiger partial charge in [-0.15, -0.1) is 0 Å². The number of aromatic nitrogens is 2. The zero-order valence-corrected chi connectivity index (χ0v) is 12.8. The molecule has 1 saturated heterocycles. The number of likely N-dealkylation sites (tertiary alicyclic amines) is 1. The number of carboxylic acids is 1. The molecule has 1 unspecified atom stereocenters. The number of nitrogens with zero attached hydrogens (tertiary/aromatic N) is 4. The van der Waals surface area contributed by atoms with Gasteiger partial charge in [0.15, 0.2) is 0 Å². The van der Waals surface area contributed by atoms with E-state index in [1.165, 1.54) is 12.1 Å². The normalized spacial score (nSPS) is 18.4. The summed E-state index contributed by atoms with van der Waals surface area (Å²) < 4.78 is 5.21. The Hall–Kier alpha value is -2.81. The quantitative estimate of drug-likeness (QED) is 0.651. The van der Waals surface area contributed by atoms with Crippen molar-refractivity contribution in [3.05, 3.63) is 40.3 Å². The first-order chi connectivity index (χ1) is 11.5. The van der Waals surface area contributed by atoms with Crippen molar-refractivity contribution in [2.24, 2.45) is 5.92 Å². The standard InChI is InChI=1S/C15H16N4O5/c20-15(21)11-2-1-7-18(8-11)9-13-16-14(17-24-13)10-3-5-12(6-4-10)19(22)23/h3-6,11H,1-2,7-9H2,(H,20,21). The average Bonchev–Trinajstić information content (AvgIpc) is 3.03. The summed E-state index contributed by atoms with van der Waals surface area (Å²) >= 11 is 0. The Morgan fingerprint density at radius 3 is 2.83 bits per heavy atom. The molecule has 126 valence electrons. The number of non-ortho nitro benzene ring substituents is 1. The molecular weight excluding hydrogens is 316 g/mol. The lowest BCUT2D eigenvalue weighted by molar-refractivity contribution is -0.384. The molecule has 0 amide bonds. The maximum Gasteiger partial charge on any atom is 0.307 e. The first kappa shape index (κ1) is 16.1. The van der Waals surface area contributed by atoms with Crippen LogP contribution < -0.4 is 0 Å². The van der Waals surface area contributed by atoms with Crippen molar-refractivity contribution in [3.63, 3.8) is 0 Å². The highest BCUT2D eigenvalue weighted by Gasteiger charge is 2.26. The monoisotopic (exact) mass is 332 g/mol. The molecule has 3 rings (SSSR count). The first-order valence-corrected chi connectivity index (χ1v) is 7.55. The van der Waals surface area contributed by atoms with Crippen molar-refractivity contribution in [1.29, 1.82) is 0 Å². The van der Waals surface area contributed by atoms with E-state index >= 15 is 0 Å². The van der Waals surface area contributed by atoms with Crippen molar-refractivity contribution < 1.29 is 19.3 Å². The fraction of sp³-hybridized carbons (Fsp3) is 0.400. The predicted molar refractivity (Wildman–Crippen MR) is 82.0 cm³/mol. The highest BCUT2D eigenvalue weighted by atomic mass is 16.6. The third-order valence-electron chi connectivity index (χ3n) is 4.02. The molecule has 0 radical (unpaired) electrons. The van der Waals surface area contributed by atoms with E-state index in [1.54, 1.807) is 12.1 Å². The molecule has 1 aromatic carbocycles. The van der Waals surface area contributed by atoms with Crippen LogP contribution in [0.15, 0.2) is 28.8 Å². The van der Waals surface area contributed by atoms with Gasteiger partial charge in [0.25, 0.3) is 5.69 Å². The number of hydrogen-bond acceptors (Lipinski definition) is 7. The lowest BCUT2D eigenvalue weighted by atomic mass is 9.98. The summed E-state index contributed by atoms with van der Waals surface area (Å²) in [5, 5.41) is 23.6. The summed E-state index contributed by atoms with van der Waals surface area (Å²) in [4.78, 5) is 27.5. The molecule has 0 aliphatic carbocycles. The number of aliphatic carboxylic acids is 1. The highest BCUT2D eigenvalue weighted by Crippen LogP contribution is 2.22. The van der Waals surface area contributed by atoms with Gasteiger partial charge in [-0.3, -0.25) is 19.8 Å². The Balaban J connectivity index is 1.67.